The number of fused-ring (bicyclic) bond motifs is 1. The van der Waals surface area contributed by atoms with E-state index in [4.69, 9.17) is 9.84 Å². The monoisotopic (exact) mass is 475 g/mol. The Morgan fingerprint density at radius 2 is 1.64 bits per heavy atom. The molecule has 1 unspecified atom stereocenters. The van der Waals surface area contributed by atoms with Crippen LogP contribution >= 0.6 is 23.5 Å². The number of ether oxygens (including phenoxy) is 1. The number of aromatic nitrogens is 1. The molecule has 0 bridgehead atoms. The SMILES string of the molecule is O=C(O)CSC(SCCc1ccccc1)c1ccc(OCc2ccc3ccccc3n2)cc1. The Labute approximate surface area is 202 Å². The molecule has 0 spiro atoms. The predicted molar refractivity (Wildman–Crippen MR) is 138 cm³/mol. The first-order chi connectivity index (χ1) is 16.2. The Hall–Kier alpha value is -2.96. The number of rotatable bonds is 11. The second-order valence-corrected chi connectivity index (χ2v) is 10.1. The molecule has 0 radical (unpaired) electrons. The number of carbonyl (C=O) groups is 1. The number of thioether (sulfide) groups is 2. The van der Waals surface area contributed by atoms with Crippen LogP contribution in [0.2, 0.25) is 0 Å². The summed E-state index contributed by atoms with van der Waals surface area (Å²) in [5, 5.41) is 10.3. The van der Waals surface area contributed by atoms with Crippen molar-refractivity contribution in [3.8, 4) is 5.75 Å². The fraction of sp³-hybridized carbons (Fsp3) is 0.185. The third kappa shape index (κ3) is 7.01. The van der Waals surface area contributed by atoms with E-state index in [-0.39, 0.29) is 10.3 Å². The lowest BCUT2D eigenvalue weighted by atomic mass is 10.2. The number of hydrogen-bond acceptors (Lipinski definition) is 5. The number of benzene rings is 3. The summed E-state index contributed by atoms with van der Waals surface area (Å²) in [6.07, 6.45) is 0.954. The number of pyridine rings is 1. The third-order valence-corrected chi connectivity index (χ3v) is 7.88. The highest BCUT2D eigenvalue weighted by atomic mass is 32.2. The van der Waals surface area contributed by atoms with Gasteiger partial charge in [-0.25, -0.2) is 4.98 Å². The molecule has 1 heterocycles. The normalized spacial score (nSPS) is 11.9. The maximum atomic E-state index is 11.1. The summed E-state index contributed by atoms with van der Waals surface area (Å²) in [6.45, 7) is 0.396. The molecule has 0 amide bonds. The van der Waals surface area contributed by atoms with E-state index in [1.807, 2.05) is 72.8 Å². The zero-order chi connectivity index (χ0) is 22.9. The van der Waals surface area contributed by atoms with E-state index in [1.54, 1.807) is 11.8 Å². The predicted octanol–water partition coefficient (Wildman–Crippen LogP) is 6.61. The molecule has 1 aromatic heterocycles. The molecule has 33 heavy (non-hydrogen) atoms. The quantitative estimate of drug-likeness (QED) is 0.246. The van der Waals surface area contributed by atoms with Gasteiger partial charge in [0.25, 0.3) is 0 Å². The fourth-order valence-corrected chi connectivity index (χ4v) is 5.82. The van der Waals surface area contributed by atoms with E-state index < -0.39 is 5.97 Å². The van der Waals surface area contributed by atoms with Gasteiger partial charge in [0.1, 0.15) is 12.4 Å². The van der Waals surface area contributed by atoms with Gasteiger partial charge in [0.15, 0.2) is 0 Å². The summed E-state index contributed by atoms with van der Waals surface area (Å²) in [5.41, 5.74) is 4.22. The Morgan fingerprint density at radius 1 is 0.879 bits per heavy atom. The molecule has 1 atom stereocenters. The van der Waals surface area contributed by atoms with E-state index in [0.29, 0.717) is 6.61 Å². The molecule has 0 saturated carbocycles. The molecule has 1 N–H and O–H groups in total. The van der Waals surface area contributed by atoms with Gasteiger partial charge in [-0.2, -0.15) is 0 Å². The zero-order valence-electron chi connectivity index (χ0n) is 18.1. The van der Waals surface area contributed by atoms with Gasteiger partial charge >= 0.3 is 5.97 Å². The second kappa shape index (κ2) is 11.8. The van der Waals surface area contributed by atoms with Crippen molar-refractivity contribution in [1.82, 2.24) is 4.98 Å². The number of nitrogens with zero attached hydrogens (tertiary/aromatic N) is 1. The molecule has 0 aliphatic rings. The Kier molecular flexibility index (Phi) is 8.28. The maximum Gasteiger partial charge on any atom is 0.313 e. The first-order valence-corrected chi connectivity index (χ1v) is 12.8. The standard InChI is InChI=1S/C27H25NO3S2/c29-26(30)19-33-27(32-17-16-20-6-2-1-3-7-20)22-11-14-24(15-12-22)31-18-23-13-10-21-8-4-5-9-25(21)28-23/h1-15,27H,16-19H2,(H,29,30). The van der Waals surface area contributed by atoms with Crippen LogP contribution in [0.5, 0.6) is 5.75 Å². The average Bonchev–Trinajstić information content (AvgIpc) is 2.85. The molecule has 6 heteroatoms. The third-order valence-electron chi connectivity index (χ3n) is 5.06. The minimum Gasteiger partial charge on any atom is -0.487 e. The molecular weight excluding hydrogens is 450 g/mol. The summed E-state index contributed by atoms with van der Waals surface area (Å²) in [6, 6.07) is 30.4. The Balaban J connectivity index is 1.36. The van der Waals surface area contributed by atoms with Crippen LogP contribution in [-0.2, 0) is 17.8 Å². The molecule has 0 saturated heterocycles. The van der Waals surface area contributed by atoms with Gasteiger partial charge in [-0.3, -0.25) is 4.79 Å². The van der Waals surface area contributed by atoms with E-state index in [2.05, 4.69) is 23.2 Å². The average molecular weight is 476 g/mol. The van der Waals surface area contributed by atoms with Crippen LogP contribution in [0.15, 0.2) is 91.0 Å². The van der Waals surface area contributed by atoms with Crippen molar-refractivity contribution in [2.75, 3.05) is 11.5 Å². The first-order valence-electron chi connectivity index (χ1n) is 10.7. The highest BCUT2D eigenvalue weighted by Crippen LogP contribution is 2.40. The van der Waals surface area contributed by atoms with Crippen molar-refractivity contribution in [1.29, 1.82) is 0 Å². The molecule has 0 fully saturated rings. The van der Waals surface area contributed by atoms with Crippen LogP contribution in [-0.4, -0.2) is 27.6 Å². The molecule has 168 valence electrons. The van der Waals surface area contributed by atoms with Gasteiger partial charge in [0.05, 0.1) is 21.5 Å². The summed E-state index contributed by atoms with van der Waals surface area (Å²) in [4.78, 5) is 15.8. The lowest BCUT2D eigenvalue weighted by Gasteiger charge is -2.16. The van der Waals surface area contributed by atoms with E-state index >= 15 is 0 Å². The van der Waals surface area contributed by atoms with E-state index in [0.717, 1.165) is 40.1 Å². The largest absolute Gasteiger partial charge is 0.487 e. The minimum atomic E-state index is -0.795. The molecule has 3 aromatic carbocycles. The number of aliphatic carboxylic acids is 1. The lowest BCUT2D eigenvalue weighted by Crippen LogP contribution is -2.02. The Morgan fingerprint density at radius 3 is 2.42 bits per heavy atom. The zero-order valence-corrected chi connectivity index (χ0v) is 19.7. The number of carboxylic acids is 1. The molecule has 4 rings (SSSR count). The van der Waals surface area contributed by atoms with Crippen LogP contribution in [0.4, 0.5) is 0 Å². The fourth-order valence-electron chi connectivity index (χ4n) is 3.38. The number of carboxylic acid groups (broad SMARTS) is 1. The van der Waals surface area contributed by atoms with Gasteiger partial charge in [-0.15, -0.1) is 23.5 Å². The molecule has 4 nitrogen and oxygen atoms in total. The van der Waals surface area contributed by atoms with Crippen molar-refractivity contribution in [2.24, 2.45) is 0 Å². The van der Waals surface area contributed by atoms with Gasteiger partial charge < -0.3 is 9.84 Å². The summed E-state index contributed by atoms with van der Waals surface area (Å²) >= 11 is 3.23. The molecular formula is C27H25NO3S2. The number of aryl methyl sites for hydroxylation is 1. The maximum absolute atomic E-state index is 11.1. The van der Waals surface area contributed by atoms with E-state index in [1.165, 1.54) is 17.3 Å². The summed E-state index contributed by atoms with van der Waals surface area (Å²) < 4.78 is 6.00. The lowest BCUT2D eigenvalue weighted by molar-refractivity contribution is -0.133. The van der Waals surface area contributed by atoms with Gasteiger partial charge in [-0.1, -0.05) is 66.7 Å². The highest BCUT2D eigenvalue weighted by molar-refractivity contribution is 8.16. The molecule has 0 aliphatic heterocycles. The second-order valence-electron chi connectivity index (χ2n) is 7.50. The van der Waals surface area contributed by atoms with Crippen LogP contribution in [0.1, 0.15) is 21.4 Å². The van der Waals surface area contributed by atoms with Crippen molar-refractivity contribution in [3.63, 3.8) is 0 Å². The van der Waals surface area contributed by atoms with Gasteiger partial charge in [0.2, 0.25) is 0 Å². The number of para-hydroxylation sites is 1. The minimum absolute atomic E-state index is 0.0565. The van der Waals surface area contributed by atoms with Crippen LogP contribution in [0, 0.1) is 0 Å². The van der Waals surface area contributed by atoms with Crippen LogP contribution < -0.4 is 4.74 Å². The van der Waals surface area contributed by atoms with Crippen LogP contribution in [0.3, 0.4) is 0 Å². The van der Waals surface area contributed by atoms with Gasteiger partial charge in [0, 0.05) is 5.39 Å². The summed E-state index contributed by atoms with van der Waals surface area (Å²) in [7, 11) is 0. The van der Waals surface area contributed by atoms with Crippen LogP contribution in [0.25, 0.3) is 10.9 Å². The van der Waals surface area contributed by atoms with Crippen molar-refractivity contribution >= 4 is 40.4 Å². The summed E-state index contributed by atoms with van der Waals surface area (Å²) in [5.74, 6) is 0.976. The Bertz CT molecular complexity index is 1180. The molecule has 0 aliphatic carbocycles. The first kappa shape index (κ1) is 23.2. The number of hydrogen-bond donors (Lipinski definition) is 1. The van der Waals surface area contributed by atoms with Crippen molar-refractivity contribution in [3.05, 3.63) is 108 Å². The molecule has 4 aromatic rings. The topological polar surface area (TPSA) is 59.4 Å². The van der Waals surface area contributed by atoms with Crippen molar-refractivity contribution in [2.45, 2.75) is 17.6 Å². The van der Waals surface area contributed by atoms with Gasteiger partial charge in [-0.05, 0) is 47.6 Å². The van der Waals surface area contributed by atoms with Crippen molar-refractivity contribution < 1.29 is 14.6 Å². The van der Waals surface area contributed by atoms with E-state index in [9.17, 15) is 4.79 Å². The highest BCUT2D eigenvalue weighted by Gasteiger charge is 2.15. The smallest absolute Gasteiger partial charge is 0.313 e.